The van der Waals surface area contributed by atoms with Gasteiger partial charge in [0.25, 0.3) is 5.91 Å². The fraction of sp³-hybridized carbons (Fsp3) is 0.389. The summed E-state index contributed by atoms with van der Waals surface area (Å²) in [5, 5.41) is 2.87. The van der Waals surface area contributed by atoms with E-state index >= 15 is 0 Å². The Hall–Kier alpha value is -2.43. The SMILES string of the molecule is O=C(NCc1ccccc1)c1cnc(N2CCCCCC2)cn1. The smallest absolute Gasteiger partial charge is 0.271 e. The van der Waals surface area contributed by atoms with Gasteiger partial charge in [-0.1, -0.05) is 43.2 Å². The molecule has 1 saturated heterocycles. The first-order valence-corrected chi connectivity index (χ1v) is 8.22. The molecule has 1 N–H and O–H groups in total. The Balaban J connectivity index is 1.58. The topological polar surface area (TPSA) is 58.1 Å². The summed E-state index contributed by atoms with van der Waals surface area (Å²) in [6.07, 6.45) is 8.24. The summed E-state index contributed by atoms with van der Waals surface area (Å²) in [5.41, 5.74) is 1.43. The van der Waals surface area contributed by atoms with Crippen molar-refractivity contribution >= 4 is 11.7 Å². The molecule has 1 aromatic heterocycles. The minimum atomic E-state index is -0.191. The second-order valence-electron chi connectivity index (χ2n) is 5.83. The Morgan fingerprint density at radius 3 is 2.39 bits per heavy atom. The van der Waals surface area contributed by atoms with E-state index in [1.807, 2.05) is 30.3 Å². The van der Waals surface area contributed by atoms with Crippen LogP contribution in [-0.2, 0) is 6.54 Å². The van der Waals surface area contributed by atoms with Crippen molar-refractivity contribution in [2.24, 2.45) is 0 Å². The Morgan fingerprint density at radius 1 is 1.00 bits per heavy atom. The number of aromatic nitrogens is 2. The minimum absolute atomic E-state index is 0.191. The van der Waals surface area contributed by atoms with Crippen LogP contribution in [0.25, 0.3) is 0 Å². The molecule has 3 rings (SSSR count). The van der Waals surface area contributed by atoms with Gasteiger partial charge in [-0.3, -0.25) is 4.79 Å². The molecule has 1 fully saturated rings. The van der Waals surface area contributed by atoms with Crippen LogP contribution < -0.4 is 10.2 Å². The zero-order valence-electron chi connectivity index (χ0n) is 13.2. The molecule has 0 saturated carbocycles. The quantitative estimate of drug-likeness (QED) is 0.943. The third-order valence-electron chi connectivity index (χ3n) is 4.10. The molecule has 23 heavy (non-hydrogen) atoms. The fourth-order valence-electron chi connectivity index (χ4n) is 2.77. The van der Waals surface area contributed by atoms with Gasteiger partial charge in [0.15, 0.2) is 0 Å². The highest BCUT2D eigenvalue weighted by molar-refractivity contribution is 5.91. The maximum Gasteiger partial charge on any atom is 0.271 e. The van der Waals surface area contributed by atoms with E-state index < -0.39 is 0 Å². The molecular formula is C18H22N4O. The van der Waals surface area contributed by atoms with Gasteiger partial charge in [0, 0.05) is 19.6 Å². The van der Waals surface area contributed by atoms with Gasteiger partial charge in [0.05, 0.1) is 12.4 Å². The maximum atomic E-state index is 12.1. The van der Waals surface area contributed by atoms with E-state index in [1.165, 1.54) is 25.7 Å². The maximum absolute atomic E-state index is 12.1. The van der Waals surface area contributed by atoms with Gasteiger partial charge in [-0.2, -0.15) is 0 Å². The number of carbonyl (C=O) groups is 1. The van der Waals surface area contributed by atoms with Crippen LogP contribution >= 0.6 is 0 Å². The first-order chi connectivity index (χ1) is 11.3. The Kier molecular flexibility index (Phi) is 5.19. The largest absolute Gasteiger partial charge is 0.355 e. The summed E-state index contributed by atoms with van der Waals surface area (Å²) < 4.78 is 0. The highest BCUT2D eigenvalue weighted by Crippen LogP contribution is 2.16. The summed E-state index contributed by atoms with van der Waals surface area (Å²) in [7, 11) is 0. The molecule has 0 spiro atoms. The second kappa shape index (κ2) is 7.72. The lowest BCUT2D eigenvalue weighted by Crippen LogP contribution is -2.27. The summed E-state index contributed by atoms with van der Waals surface area (Å²) in [6.45, 7) is 2.54. The summed E-state index contributed by atoms with van der Waals surface area (Å²) in [5.74, 6) is 0.676. The zero-order valence-corrected chi connectivity index (χ0v) is 13.2. The first kappa shape index (κ1) is 15.5. The van der Waals surface area contributed by atoms with Crippen molar-refractivity contribution < 1.29 is 4.79 Å². The van der Waals surface area contributed by atoms with E-state index in [9.17, 15) is 4.79 Å². The number of hydrogen-bond donors (Lipinski definition) is 1. The second-order valence-corrected chi connectivity index (χ2v) is 5.83. The molecule has 120 valence electrons. The Morgan fingerprint density at radius 2 is 1.74 bits per heavy atom. The van der Waals surface area contributed by atoms with Gasteiger partial charge in [0.2, 0.25) is 0 Å². The summed E-state index contributed by atoms with van der Waals surface area (Å²) in [6, 6.07) is 9.83. The monoisotopic (exact) mass is 310 g/mol. The van der Waals surface area contributed by atoms with Gasteiger partial charge in [0.1, 0.15) is 11.5 Å². The molecule has 5 nitrogen and oxygen atoms in total. The van der Waals surface area contributed by atoms with E-state index in [0.717, 1.165) is 24.5 Å². The van der Waals surface area contributed by atoms with Crippen molar-refractivity contribution in [3.63, 3.8) is 0 Å². The van der Waals surface area contributed by atoms with Gasteiger partial charge in [-0.25, -0.2) is 9.97 Å². The number of amides is 1. The van der Waals surface area contributed by atoms with Crippen molar-refractivity contribution in [2.75, 3.05) is 18.0 Å². The molecule has 0 unspecified atom stereocenters. The molecule has 1 aromatic carbocycles. The van der Waals surface area contributed by atoms with Crippen LogP contribution in [0.5, 0.6) is 0 Å². The molecule has 0 radical (unpaired) electrons. The van der Waals surface area contributed by atoms with Crippen molar-refractivity contribution in [1.82, 2.24) is 15.3 Å². The van der Waals surface area contributed by atoms with Crippen molar-refractivity contribution in [3.8, 4) is 0 Å². The molecule has 0 atom stereocenters. The normalized spacial score (nSPS) is 15.0. The highest BCUT2D eigenvalue weighted by atomic mass is 16.1. The molecule has 2 heterocycles. The Bertz CT molecular complexity index is 619. The number of anilines is 1. The van der Waals surface area contributed by atoms with Crippen molar-refractivity contribution in [1.29, 1.82) is 0 Å². The summed E-state index contributed by atoms with van der Waals surface area (Å²) >= 11 is 0. The van der Waals surface area contributed by atoms with Crippen LogP contribution in [0.1, 0.15) is 41.7 Å². The van der Waals surface area contributed by atoms with Gasteiger partial charge < -0.3 is 10.2 Å². The first-order valence-electron chi connectivity index (χ1n) is 8.22. The van der Waals surface area contributed by atoms with E-state index in [1.54, 1.807) is 12.4 Å². The lowest BCUT2D eigenvalue weighted by Gasteiger charge is -2.20. The fourth-order valence-corrected chi connectivity index (χ4v) is 2.77. The average molecular weight is 310 g/mol. The third kappa shape index (κ3) is 4.28. The number of benzene rings is 1. The number of rotatable bonds is 4. The van der Waals surface area contributed by atoms with Crippen LogP contribution in [0.4, 0.5) is 5.82 Å². The predicted molar refractivity (Wildman–Crippen MR) is 90.3 cm³/mol. The molecular weight excluding hydrogens is 288 g/mol. The van der Waals surface area contributed by atoms with Gasteiger partial charge in [-0.15, -0.1) is 0 Å². The van der Waals surface area contributed by atoms with E-state index in [4.69, 9.17) is 0 Å². The third-order valence-corrected chi connectivity index (χ3v) is 4.10. The van der Waals surface area contributed by atoms with Crippen LogP contribution in [0, 0.1) is 0 Å². The predicted octanol–water partition coefficient (Wildman–Crippen LogP) is 2.79. The Labute approximate surface area is 136 Å². The number of nitrogens with one attached hydrogen (secondary N) is 1. The summed E-state index contributed by atoms with van der Waals surface area (Å²) in [4.78, 5) is 23.1. The van der Waals surface area contributed by atoms with Crippen molar-refractivity contribution in [2.45, 2.75) is 32.2 Å². The van der Waals surface area contributed by atoms with E-state index in [-0.39, 0.29) is 5.91 Å². The van der Waals surface area contributed by atoms with E-state index in [2.05, 4.69) is 20.2 Å². The highest BCUT2D eigenvalue weighted by Gasteiger charge is 2.13. The molecule has 0 bridgehead atoms. The number of carbonyl (C=O) groups excluding carboxylic acids is 1. The molecule has 5 heteroatoms. The molecule has 1 amide bonds. The lowest BCUT2D eigenvalue weighted by atomic mass is 10.2. The van der Waals surface area contributed by atoms with Crippen LogP contribution in [0.15, 0.2) is 42.7 Å². The van der Waals surface area contributed by atoms with Crippen LogP contribution in [0.3, 0.4) is 0 Å². The van der Waals surface area contributed by atoms with Gasteiger partial charge in [-0.05, 0) is 18.4 Å². The standard InChI is InChI=1S/C18H22N4O/c23-18(21-12-15-8-4-3-5-9-15)16-13-20-17(14-19-16)22-10-6-1-2-7-11-22/h3-5,8-9,13-14H,1-2,6-7,10-12H2,(H,21,23). The zero-order chi connectivity index (χ0) is 15.9. The average Bonchev–Trinajstić information content (AvgIpc) is 2.90. The minimum Gasteiger partial charge on any atom is -0.355 e. The lowest BCUT2D eigenvalue weighted by molar-refractivity contribution is 0.0945. The van der Waals surface area contributed by atoms with Crippen molar-refractivity contribution in [3.05, 3.63) is 54.0 Å². The molecule has 1 aliphatic rings. The number of hydrogen-bond acceptors (Lipinski definition) is 4. The molecule has 1 aliphatic heterocycles. The number of nitrogens with zero attached hydrogens (tertiary/aromatic N) is 3. The van der Waals surface area contributed by atoms with E-state index in [0.29, 0.717) is 12.2 Å². The van der Waals surface area contributed by atoms with Gasteiger partial charge >= 0.3 is 0 Å². The van der Waals surface area contributed by atoms with Crippen LogP contribution in [-0.4, -0.2) is 29.0 Å². The molecule has 2 aromatic rings. The van der Waals surface area contributed by atoms with Crippen LogP contribution in [0.2, 0.25) is 0 Å². The molecule has 0 aliphatic carbocycles.